The average molecular weight is 324 g/mol. The fourth-order valence-corrected chi connectivity index (χ4v) is 4.90. The predicted molar refractivity (Wildman–Crippen MR) is 80.7 cm³/mol. The largest absolute Gasteiger partial charge is 0.380 e. The first-order valence-electron chi connectivity index (χ1n) is 7.35. The standard InChI is InChI=1S/C15H20N2O4S/c1-11-15(18)16-10-13(21-2)8-12(16)9-17(11)22(19,20)14-6-4-3-5-7-14/h3-7,11-13H,8-10H2,1-2H3/t11-,12-,13-/m0/s1. The Morgan fingerprint density at radius 2 is 1.86 bits per heavy atom. The molecule has 1 aromatic rings. The van der Waals surface area contributed by atoms with Crippen molar-refractivity contribution in [3.05, 3.63) is 30.3 Å². The van der Waals surface area contributed by atoms with Crippen LogP contribution < -0.4 is 0 Å². The molecule has 0 aromatic heterocycles. The highest BCUT2D eigenvalue weighted by atomic mass is 32.2. The van der Waals surface area contributed by atoms with E-state index in [2.05, 4.69) is 0 Å². The third-order valence-electron chi connectivity index (χ3n) is 4.52. The Kier molecular flexibility index (Phi) is 3.96. The summed E-state index contributed by atoms with van der Waals surface area (Å²) in [4.78, 5) is 14.5. The van der Waals surface area contributed by atoms with Crippen LogP contribution in [0.1, 0.15) is 13.3 Å². The molecule has 2 saturated heterocycles. The van der Waals surface area contributed by atoms with Crippen molar-refractivity contribution < 1.29 is 17.9 Å². The second-order valence-electron chi connectivity index (χ2n) is 5.80. The smallest absolute Gasteiger partial charge is 0.243 e. The summed E-state index contributed by atoms with van der Waals surface area (Å²) in [6.45, 7) is 2.52. The van der Waals surface area contributed by atoms with E-state index in [-0.39, 0.29) is 22.9 Å². The van der Waals surface area contributed by atoms with Gasteiger partial charge in [0.1, 0.15) is 6.04 Å². The maximum absolute atomic E-state index is 12.8. The number of nitrogens with zero attached hydrogens (tertiary/aromatic N) is 2. The first kappa shape index (κ1) is 15.5. The van der Waals surface area contributed by atoms with Crippen LogP contribution in [0.25, 0.3) is 0 Å². The molecule has 0 aliphatic carbocycles. The lowest BCUT2D eigenvalue weighted by Gasteiger charge is -2.40. The van der Waals surface area contributed by atoms with E-state index >= 15 is 0 Å². The van der Waals surface area contributed by atoms with Crippen molar-refractivity contribution in [2.75, 3.05) is 20.2 Å². The number of benzene rings is 1. The lowest BCUT2D eigenvalue weighted by molar-refractivity contribution is -0.139. The zero-order valence-electron chi connectivity index (χ0n) is 12.7. The molecule has 1 amide bonds. The van der Waals surface area contributed by atoms with Crippen LogP contribution in [-0.2, 0) is 19.6 Å². The van der Waals surface area contributed by atoms with E-state index in [1.165, 1.54) is 4.31 Å². The lowest BCUT2D eigenvalue weighted by atomic mass is 10.1. The fourth-order valence-electron chi connectivity index (χ4n) is 3.25. The van der Waals surface area contributed by atoms with Gasteiger partial charge in [-0.2, -0.15) is 4.31 Å². The Hall–Kier alpha value is -1.44. The molecule has 0 radical (unpaired) electrons. The van der Waals surface area contributed by atoms with E-state index in [0.717, 1.165) is 0 Å². The zero-order valence-corrected chi connectivity index (χ0v) is 13.5. The highest BCUT2D eigenvalue weighted by Crippen LogP contribution is 2.30. The van der Waals surface area contributed by atoms with E-state index in [1.54, 1.807) is 49.3 Å². The molecule has 3 atom stereocenters. The summed E-state index contributed by atoms with van der Waals surface area (Å²) in [5, 5.41) is 0. The average Bonchev–Trinajstić information content (AvgIpc) is 2.95. The van der Waals surface area contributed by atoms with Crippen LogP contribution >= 0.6 is 0 Å². The molecule has 0 saturated carbocycles. The topological polar surface area (TPSA) is 66.9 Å². The molecule has 3 rings (SSSR count). The molecule has 0 bridgehead atoms. The van der Waals surface area contributed by atoms with E-state index in [4.69, 9.17) is 4.74 Å². The SMILES string of the molecule is CO[C@H]1C[C@H]2CN(S(=O)(=O)c3ccccc3)[C@@H](C)C(=O)N2C1. The van der Waals surface area contributed by atoms with Gasteiger partial charge in [0.2, 0.25) is 15.9 Å². The second kappa shape index (κ2) is 5.64. The summed E-state index contributed by atoms with van der Waals surface area (Å²) in [5.41, 5.74) is 0. The molecule has 0 N–H and O–H groups in total. The van der Waals surface area contributed by atoms with Gasteiger partial charge in [-0.05, 0) is 25.5 Å². The van der Waals surface area contributed by atoms with E-state index < -0.39 is 16.1 Å². The van der Waals surface area contributed by atoms with Gasteiger partial charge in [-0.1, -0.05) is 18.2 Å². The lowest BCUT2D eigenvalue weighted by Crippen LogP contribution is -2.59. The van der Waals surface area contributed by atoms with Gasteiger partial charge in [0, 0.05) is 26.2 Å². The van der Waals surface area contributed by atoms with Crippen molar-refractivity contribution in [1.29, 1.82) is 0 Å². The molecular weight excluding hydrogens is 304 g/mol. The number of carbonyl (C=O) groups is 1. The predicted octanol–water partition coefficient (Wildman–Crippen LogP) is 0.695. The molecule has 0 spiro atoms. The van der Waals surface area contributed by atoms with Crippen molar-refractivity contribution in [2.45, 2.75) is 36.4 Å². The van der Waals surface area contributed by atoms with Gasteiger partial charge >= 0.3 is 0 Å². The normalized spacial score (nSPS) is 29.6. The zero-order chi connectivity index (χ0) is 15.9. The number of hydrogen-bond donors (Lipinski definition) is 0. The Morgan fingerprint density at radius 3 is 2.50 bits per heavy atom. The van der Waals surface area contributed by atoms with Gasteiger partial charge in [-0.15, -0.1) is 0 Å². The van der Waals surface area contributed by atoms with Crippen molar-refractivity contribution in [1.82, 2.24) is 9.21 Å². The summed E-state index contributed by atoms with van der Waals surface area (Å²) >= 11 is 0. The van der Waals surface area contributed by atoms with Crippen molar-refractivity contribution >= 4 is 15.9 Å². The summed E-state index contributed by atoms with van der Waals surface area (Å²) in [6, 6.07) is 7.48. The summed E-state index contributed by atoms with van der Waals surface area (Å²) < 4.78 is 32.3. The number of sulfonamides is 1. The van der Waals surface area contributed by atoms with Crippen molar-refractivity contribution in [2.24, 2.45) is 0 Å². The van der Waals surface area contributed by atoms with Gasteiger partial charge in [0.25, 0.3) is 0 Å². The van der Waals surface area contributed by atoms with Crippen molar-refractivity contribution in [3.63, 3.8) is 0 Å². The molecule has 2 aliphatic heterocycles. The second-order valence-corrected chi connectivity index (χ2v) is 7.69. The monoisotopic (exact) mass is 324 g/mol. The van der Waals surface area contributed by atoms with Gasteiger partial charge in [0.05, 0.1) is 11.0 Å². The molecule has 6 nitrogen and oxygen atoms in total. The third kappa shape index (κ3) is 2.43. The first-order chi connectivity index (χ1) is 10.4. The van der Waals surface area contributed by atoms with Crippen LogP contribution in [-0.4, -0.2) is 61.9 Å². The van der Waals surface area contributed by atoms with Gasteiger partial charge < -0.3 is 9.64 Å². The summed E-state index contributed by atoms with van der Waals surface area (Å²) in [5.74, 6) is -0.143. The van der Waals surface area contributed by atoms with E-state index in [0.29, 0.717) is 19.5 Å². The van der Waals surface area contributed by atoms with Crippen LogP contribution in [0, 0.1) is 0 Å². The van der Waals surface area contributed by atoms with Crippen LogP contribution in [0.3, 0.4) is 0 Å². The maximum atomic E-state index is 12.8. The number of fused-ring (bicyclic) bond motifs is 1. The minimum absolute atomic E-state index is 0.0134. The van der Waals surface area contributed by atoms with Crippen molar-refractivity contribution in [3.8, 4) is 0 Å². The summed E-state index contributed by atoms with van der Waals surface area (Å²) in [7, 11) is -2.04. The van der Waals surface area contributed by atoms with Crippen LogP contribution in [0.2, 0.25) is 0 Å². The number of piperazine rings is 1. The number of hydrogen-bond acceptors (Lipinski definition) is 4. The number of rotatable bonds is 3. The summed E-state index contributed by atoms with van der Waals surface area (Å²) in [6.07, 6.45) is 0.663. The molecule has 22 heavy (non-hydrogen) atoms. The Morgan fingerprint density at radius 1 is 1.18 bits per heavy atom. The Bertz CT molecular complexity index is 661. The van der Waals surface area contributed by atoms with Gasteiger partial charge in [-0.25, -0.2) is 8.42 Å². The molecule has 120 valence electrons. The maximum Gasteiger partial charge on any atom is 0.243 e. The minimum Gasteiger partial charge on any atom is -0.380 e. The fraction of sp³-hybridized carbons (Fsp3) is 0.533. The number of amides is 1. The Labute approximate surface area is 130 Å². The molecular formula is C15H20N2O4S. The molecule has 2 fully saturated rings. The highest BCUT2D eigenvalue weighted by molar-refractivity contribution is 7.89. The third-order valence-corrected chi connectivity index (χ3v) is 6.47. The minimum atomic E-state index is -3.66. The van der Waals surface area contributed by atoms with Crippen LogP contribution in [0.4, 0.5) is 0 Å². The molecule has 0 unspecified atom stereocenters. The molecule has 1 aromatic carbocycles. The van der Waals surface area contributed by atoms with Crippen LogP contribution in [0.15, 0.2) is 35.2 Å². The number of ether oxygens (including phenoxy) is 1. The van der Waals surface area contributed by atoms with Crippen LogP contribution in [0.5, 0.6) is 0 Å². The first-order valence-corrected chi connectivity index (χ1v) is 8.79. The van der Waals surface area contributed by atoms with Gasteiger partial charge in [0.15, 0.2) is 0 Å². The quantitative estimate of drug-likeness (QED) is 0.821. The van der Waals surface area contributed by atoms with Gasteiger partial charge in [-0.3, -0.25) is 4.79 Å². The Balaban J connectivity index is 1.91. The number of carbonyl (C=O) groups excluding carboxylic acids is 1. The van der Waals surface area contributed by atoms with E-state index in [9.17, 15) is 13.2 Å². The number of methoxy groups -OCH3 is 1. The van der Waals surface area contributed by atoms with E-state index in [1.807, 2.05) is 0 Å². The highest BCUT2D eigenvalue weighted by Gasteiger charge is 2.47. The molecule has 7 heteroatoms. The molecule has 2 heterocycles. The molecule has 2 aliphatic rings.